The van der Waals surface area contributed by atoms with E-state index in [1.165, 1.54) is 11.8 Å². The number of carbonyl (C=O) groups excluding carboxylic acids is 1. The monoisotopic (exact) mass is 266 g/mol. The number of aliphatic carboxylic acids is 2. The number of carbonyl (C=O) groups is 3. The molecule has 7 nitrogen and oxygen atoms in total. The molecule has 0 aromatic heterocycles. The second-order valence-electron chi connectivity index (χ2n) is 3.39. The van der Waals surface area contributed by atoms with E-state index < -0.39 is 29.6 Å². The van der Waals surface area contributed by atoms with Crippen LogP contribution in [-0.2, 0) is 19.1 Å². The molecule has 0 radical (unpaired) electrons. The number of carboxylic acid groups (broad SMARTS) is 2. The first kappa shape index (κ1) is 15.7. The first-order chi connectivity index (χ1) is 7.73. The number of aliphatic hydroxyl groups is 1. The summed E-state index contributed by atoms with van der Waals surface area (Å²) in [5, 5.41) is 26.5. The van der Waals surface area contributed by atoms with Crippen molar-refractivity contribution in [1.82, 2.24) is 0 Å². The van der Waals surface area contributed by atoms with Crippen LogP contribution in [0.5, 0.6) is 0 Å². The van der Waals surface area contributed by atoms with Gasteiger partial charge in [0.15, 0.2) is 6.10 Å². The molecule has 0 bridgehead atoms. The second kappa shape index (κ2) is 6.45. The maximum atomic E-state index is 11.3. The maximum Gasteiger partial charge on any atom is 0.350 e. The van der Waals surface area contributed by atoms with Crippen LogP contribution < -0.4 is 0 Å². The largest absolute Gasteiger partial charge is 0.479 e. The Morgan fingerprint density at radius 2 is 1.88 bits per heavy atom. The van der Waals surface area contributed by atoms with Gasteiger partial charge in [-0.05, 0) is 18.9 Å². The standard InChI is InChI=1S/C9H14O7S/c1-9(15,7(12)13)8(14)16-5(6(10)11)3-4-17-2/h5,15H,3-4H2,1-2H3,(H,10,11)(H,12,13). The fourth-order valence-electron chi connectivity index (χ4n) is 0.789. The molecule has 0 aliphatic rings. The van der Waals surface area contributed by atoms with Crippen LogP contribution in [0, 0.1) is 0 Å². The Labute approximate surface area is 102 Å². The molecular weight excluding hydrogens is 252 g/mol. The van der Waals surface area contributed by atoms with Crippen molar-refractivity contribution in [3.63, 3.8) is 0 Å². The van der Waals surface area contributed by atoms with E-state index in [9.17, 15) is 19.5 Å². The van der Waals surface area contributed by atoms with Crippen LogP contribution in [0.1, 0.15) is 13.3 Å². The summed E-state index contributed by atoms with van der Waals surface area (Å²) in [6, 6.07) is 0. The predicted molar refractivity (Wildman–Crippen MR) is 58.8 cm³/mol. The molecule has 0 saturated heterocycles. The van der Waals surface area contributed by atoms with Crippen molar-refractivity contribution >= 4 is 29.7 Å². The fourth-order valence-corrected chi connectivity index (χ4v) is 1.24. The molecular formula is C9H14O7S. The van der Waals surface area contributed by atoms with Gasteiger partial charge >= 0.3 is 17.9 Å². The molecule has 0 rings (SSSR count). The number of esters is 1. The minimum absolute atomic E-state index is 0.0396. The van der Waals surface area contributed by atoms with Crippen LogP contribution in [0.25, 0.3) is 0 Å². The van der Waals surface area contributed by atoms with Crippen LogP contribution in [0.4, 0.5) is 0 Å². The third-order valence-electron chi connectivity index (χ3n) is 1.92. The molecule has 0 aliphatic carbocycles. The van der Waals surface area contributed by atoms with Gasteiger partial charge in [0, 0.05) is 6.42 Å². The van der Waals surface area contributed by atoms with Crippen LogP contribution in [0.2, 0.25) is 0 Å². The molecule has 0 aliphatic heterocycles. The number of carboxylic acids is 2. The van der Waals surface area contributed by atoms with Crippen molar-refractivity contribution in [2.45, 2.75) is 25.0 Å². The van der Waals surface area contributed by atoms with Gasteiger partial charge in [-0.15, -0.1) is 0 Å². The van der Waals surface area contributed by atoms with E-state index in [2.05, 4.69) is 4.74 Å². The van der Waals surface area contributed by atoms with E-state index in [1.807, 2.05) is 0 Å². The highest BCUT2D eigenvalue weighted by Gasteiger charge is 2.42. The lowest BCUT2D eigenvalue weighted by Gasteiger charge is -2.19. The third-order valence-corrected chi connectivity index (χ3v) is 2.57. The average molecular weight is 266 g/mol. The zero-order valence-electron chi connectivity index (χ0n) is 9.37. The fraction of sp³-hybridized carbons (Fsp3) is 0.667. The quantitative estimate of drug-likeness (QED) is 0.419. The van der Waals surface area contributed by atoms with Crippen LogP contribution >= 0.6 is 11.8 Å². The molecule has 0 fully saturated rings. The summed E-state index contributed by atoms with van der Waals surface area (Å²) in [6.45, 7) is 0.727. The molecule has 0 spiro atoms. The van der Waals surface area contributed by atoms with Gasteiger partial charge in [-0.25, -0.2) is 14.4 Å². The van der Waals surface area contributed by atoms with Crippen molar-refractivity contribution in [3.05, 3.63) is 0 Å². The lowest BCUT2D eigenvalue weighted by atomic mass is 10.1. The number of thioether (sulfide) groups is 1. The van der Waals surface area contributed by atoms with Crippen LogP contribution in [0.3, 0.4) is 0 Å². The van der Waals surface area contributed by atoms with Gasteiger partial charge in [-0.1, -0.05) is 0 Å². The van der Waals surface area contributed by atoms with E-state index in [0.29, 0.717) is 5.75 Å². The predicted octanol–water partition coefficient (Wildman–Crippen LogP) is -0.429. The molecule has 8 heteroatoms. The van der Waals surface area contributed by atoms with E-state index >= 15 is 0 Å². The van der Waals surface area contributed by atoms with Crippen molar-refractivity contribution in [1.29, 1.82) is 0 Å². The lowest BCUT2D eigenvalue weighted by molar-refractivity contribution is -0.185. The molecule has 17 heavy (non-hydrogen) atoms. The summed E-state index contributed by atoms with van der Waals surface area (Å²) in [5.74, 6) is -4.23. The normalized spacial score (nSPS) is 15.7. The van der Waals surface area contributed by atoms with Crippen molar-refractivity contribution in [2.75, 3.05) is 12.0 Å². The molecule has 3 N–H and O–H groups in total. The highest BCUT2D eigenvalue weighted by molar-refractivity contribution is 7.98. The molecule has 0 amide bonds. The van der Waals surface area contributed by atoms with Gasteiger partial charge in [-0.3, -0.25) is 0 Å². The zero-order valence-corrected chi connectivity index (χ0v) is 10.2. The van der Waals surface area contributed by atoms with Crippen molar-refractivity contribution < 1.29 is 34.4 Å². The van der Waals surface area contributed by atoms with E-state index in [1.54, 1.807) is 6.26 Å². The summed E-state index contributed by atoms with van der Waals surface area (Å²) in [7, 11) is 0. The first-order valence-electron chi connectivity index (χ1n) is 4.62. The molecule has 2 atom stereocenters. The Hall–Kier alpha value is -1.28. The van der Waals surface area contributed by atoms with Gasteiger partial charge in [0.05, 0.1) is 0 Å². The Kier molecular flexibility index (Phi) is 5.97. The number of hydrogen-bond acceptors (Lipinski definition) is 6. The van der Waals surface area contributed by atoms with Gasteiger partial charge in [0.2, 0.25) is 0 Å². The Bertz CT molecular complexity index is 312. The van der Waals surface area contributed by atoms with Crippen LogP contribution in [-0.4, -0.2) is 56.9 Å². The Balaban J connectivity index is 4.61. The average Bonchev–Trinajstić information content (AvgIpc) is 2.22. The molecule has 98 valence electrons. The molecule has 2 unspecified atom stereocenters. The minimum atomic E-state index is -2.74. The maximum absolute atomic E-state index is 11.3. The number of ether oxygens (including phenoxy) is 1. The number of hydrogen-bond donors (Lipinski definition) is 3. The summed E-state index contributed by atoms with van der Waals surface area (Å²) >= 11 is 1.35. The van der Waals surface area contributed by atoms with Crippen molar-refractivity contribution in [2.24, 2.45) is 0 Å². The van der Waals surface area contributed by atoms with E-state index in [4.69, 9.17) is 10.2 Å². The first-order valence-corrected chi connectivity index (χ1v) is 6.01. The van der Waals surface area contributed by atoms with Crippen molar-refractivity contribution in [3.8, 4) is 0 Å². The van der Waals surface area contributed by atoms with E-state index in [-0.39, 0.29) is 6.42 Å². The van der Waals surface area contributed by atoms with Gasteiger partial charge in [-0.2, -0.15) is 11.8 Å². The Morgan fingerprint density at radius 1 is 1.35 bits per heavy atom. The topological polar surface area (TPSA) is 121 Å². The molecule has 0 saturated carbocycles. The van der Waals surface area contributed by atoms with Gasteiger partial charge in [0.1, 0.15) is 0 Å². The smallest absolute Gasteiger partial charge is 0.350 e. The van der Waals surface area contributed by atoms with Gasteiger partial charge < -0.3 is 20.1 Å². The van der Waals surface area contributed by atoms with Gasteiger partial charge in [0.25, 0.3) is 5.60 Å². The summed E-state index contributed by atoms with van der Waals surface area (Å²) in [4.78, 5) is 32.5. The SMILES string of the molecule is CSCCC(OC(=O)C(C)(O)C(=O)O)C(=O)O. The molecule has 0 aromatic rings. The highest BCUT2D eigenvalue weighted by atomic mass is 32.2. The lowest BCUT2D eigenvalue weighted by Crippen LogP contribution is -2.47. The van der Waals surface area contributed by atoms with Crippen LogP contribution in [0.15, 0.2) is 0 Å². The van der Waals surface area contributed by atoms with E-state index in [0.717, 1.165) is 6.92 Å². The number of rotatable bonds is 7. The minimum Gasteiger partial charge on any atom is -0.479 e. The third kappa shape index (κ3) is 4.61. The summed E-state index contributed by atoms with van der Waals surface area (Å²) in [5.41, 5.74) is -2.74. The summed E-state index contributed by atoms with van der Waals surface area (Å²) in [6.07, 6.45) is 0.326. The second-order valence-corrected chi connectivity index (χ2v) is 4.38. The molecule has 0 heterocycles. The Morgan fingerprint density at radius 3 is 2.24 bits per heavy atom. The summed E-state index contributed by atoms with van der Waals surface area (Å²) < 4.78 is 4.46. The zero-order chi connectivity index (χ0) is 13.6. The highest BCUT2D eigenvalue weighted by Crippen LogP contribution is 2.12. The molecule has 0 aromatic carbocycles.